The van der Waals surface area contributed by atoms with Crippen molar-refractivity contribution in [3.63, 3.8) is 0 Å². The number of piperazine rings is 1. The van der Waals surface area contributed by atoms with Gasteiger partial charge in [0.15, 0.2) is 5.69 Å². The van der Waals surface area contributed by atoms with Crippen LogP contribution in [-0.2, 0) is 11.3 Å². The van der Waals surface area contributed by atoms with E-state index in [0.29, 0.717) is 31.7 Å². The number of hydrogen-bond donors (Lipinski definition) is 2. The minimum Gasteiger partial charge on any atom is -0.396 e. The number of anilines is 1. The van der Waals surface area contributed by atoms with Crippen LogP contribution in [0.2, 0.25) is 0 Å². The number of aryl methyl sites for hydroxylation is 1. The Bertz CT molecular complexity index is 496. The van der Waals surface area contributed by atoms with Crippen molar-refractivity contribution in [2.45, 2.75) is 32.9 Å². The third-order valence-corrected chi connectivity index (χ3v) is 3.29. The van der Waals surface area contributed by atoms with E-state index in [4.69, 9.17) is 5.73 Å². The van der Waals surface area contributed by atoms with Gasteiger partial charge in [-0.05, 0) is 13.3 Å². The molecule has 2 rings (SSSR count). The molecule has 0 aromatic carbocycles. The Balaban J connectivity index is 2.26. The summed E-state index contributed by atoms with van der Waals surface area (Å²) in [6, 6.07) is -0.438. The summed E-state index contributed by atoms with van der Waals surface area (Å²) in [4.78, 5) is 25.8. The van der Waals surface area contributed by atoms with Gasteiger partial charge in [0.05, 0.1) is 5.69 Å². The maximum atomic E-state index is 12.5. The molecule has 1 saturated heterocycles. The number of nitrogen functional groups attached to an aromatic ring is 1. The van der Waals surface area contributed by atoms with E-state index in [1.54, 1.807) is 15.8 Å². The minimum absolute atomic E-state index is 0.115. The van der Waals surface area contributed by atoms with Crippen molar-refractivity contribution in [2.24, 2.45) is 0 Å². The number of hydrogen-bond acceptors (Lipinski definition) is 4. The van der Waals surface area contributed by atoms with Gasteiger partial charge in [-0.25, -0.2) is 0 Å². The largest absolute Gasteiger partial charge is 0.396 e. The number of aromatic nitrogens is 2. The summed E-state index contributed by atoms with van der Waals surface area (Å²) >= 11 is 0. The molecule has 0 bridgehead atoms. The van der Waals surface area contributed by atoms with Crippen LogP contribution in [0.1, 0.15) is 30.8 Å². The zero-order valence-electron chi connectivity index (χ0n) is 11.2. The SMILES string of the molecule is CCC1C(=O)NCCN1C(=O)c1nn(CC)cc1N. The summed E-state index contributed by atoms with van der Waals surface area (Å²) in [7, 11) is 0. The Kier molecular flexibility index (Phi) is 3.73. The molecule has 0 aliphatic carbocycles. The third-order valence-electron chi connectivity index (χ3n) is 3.29. The van der Waals surface area contributed by atoms with E-state index in [1.165, 1.54) is 0 Å². The van der Waals surface area contributed by atoms with Crippen LogP contribution >= 0.6 is 0 Å². The second kappa shape index (κ2) is 5.29. The van der Waals surface area contributed by atoms with Gasteiger partial charge in [0.2, 0.25) is 5.91 Å². The number of carbonyl (C=O) groups excluding carboxylic acids is 2. The van der Waals surface area contributed by atoms with E-state index >= 15 is 0 Å². The van der Waals surface area contributed by atoms with Gasteiger partial charge in [0.1, 0.15) is 6.04 Å². The fraction of sp³-hybridized carbons (Fsp3) is 0.583. The summed E-state index contributed by atoms with van der Waals surface area (Å²) in [5, 5.41) is 6.93. The topological polar surface area (TPSA) is 93.2 Å². The van der Waals surface area contributed by atoms with Crippen LogP contribution in [0.5, 0.6) is 0 Å². The van der Waals surface area contributed by atoms with Crippen molar-refractivity contribution < 1.29 is 9.59 Å². The zero-order valence-corrected chi connectivity index (χ0v) is 11.2. The lowest BCUT2D eigenvalue weighted by atomic mass is 10.1. The van der Waals surface area contributed by atoms with Crippen molar-refractivity contribution in [2.75, 3.05) is 18.8 Å². The predicted octanol–water partition coefficient (Wildman–Crippen LogP) is -0.164. The predicted molar refractivity (Wildman–Crippen MR) is 70.4 cm³/mol. The molecule has 104 valence electrons. The van der Waals surface area contributed by atoms with Gasteiger partial charge in [-0.2, -0.15) is 5.10 Å². The second-order valence-electron chi connectivity index (χ2n) is 4.50. The first kappa shape index (κ1) is 13.4. The van der Waals surface area contributed by atoms with E-state index in [9.17, 15) is 9.59 Å². The Hall–Kier alpha value is -2.05. The molecular formula is C12H19N5O2. The number of nitrogens with zero attached hydrogens (tertiary/aromatic N) is 3. The maximum Gasteiger partial charge on any atom is 0.277 e. The molecule has 2 heterocycles. The van der Waals surface area contributed by atoms with Gasteiger partial charge in [-0.3, -0.25) is 14.3 Å². The molecule has 0 spiro atoms. The van der Waals surface area contributed by atoms with Crippen molar-refractivity contribution in [3.05, 3.63) is 11.9 Å². The molecule has 2 amide bonds. The molecule has 1 fully saturated rings. The number of carbonyl (C=O) groups is 2. The summed E-state index contributed by atoms with van der Waals surface area (Å²) < 4.78 is 1.62. The highest BCUT2D eigenvalue weighted by molar-refractivity contribution is 6.00. The molecule has 3 N–H and O–H groups in total. The molecule has 1 aliphatic heterocycles. The molecule has 19 heavy (non-hydrogen) atoms. The normalized spacial score (nSPS) is 19.4. The van der Waals surface area contributed by atoms with Gasteiger partial charge in [0.25, 0.3) is 5.91 Å². The van der Waals surface area contributed by atoms with Crippen molar-refractivity contribution in [1.82, 2.24) is 20.0 Å². The van der Waals surface area contributed by atoms with Crippen LogP contribution in [0, 0.1) is 0 Å². The summed E-state index contributed by atoms with van der Waals surface area (Å²) in [6.45, 7) is 5.40. The monoisotopic (exact) mass is 265 g/mol. The Morgan fingerprint density at radius 2 is 2.32 bits per heavy atom. The lowest BCUT2D eigenvalue weighted by Gasteiger charge is -2.34. The highest BCUT2D eigenvalue weighted by Crippen LogP contribution is 2.17. The van der Waals surface area contributed by atoms with Crippen LogP contribution in [0.25, 0.3) is 0 Å². The van der Waals surface area contributed by atoms with E-state index < -0.39 is 6.04 Å². The van der Waals surface area contributed by atoms with E-state index in [1.807, 2.05) is 13.8 Å². The summed E-state index contributed by atoms with van der Waals surface area (Å²) in [5.41, 5.74) is 6.40. The maximum absolute atomic E-state index is 12.5. The second-order valence-corrected chi connectivity index (χ2v) is 4.50. The van der Waals surface area contributed by atoms with Crippen LogP contribution in [0.3, 0.4) is 0 Å². The number of rotatable bonds is 3. The van der Waals surface area contributed by atoms with Gasteiger partial charge < -0.3 is 16.0 Å². The summed E-state index contributed by atoms with van der Waals surface area (Å²) in [6.07, 6.45) is 2.21. The molecule has 0 saturated carbocycles. The van der Waals surface area contributed by atoms with Crippen molar-refractivity contribution in [1.29, 1.82) is 0 Å². The van der Waals surface area contributed by atoms with Gasteiger partial charge in [-0.15, -0.1) is 0 Å². The van der Waals surface area contributed by atoms with E-state index in [-0.39, 0.29) is 17.5 Å². The van der Waals surface area contributed by atoms with E-state index in [0.717, 1.165) is 0 Å². The van der Waals surface area contributed by atoms with Gasteiger partial charge in [0, 0.05) is 25.8 Å². The fourth-order valence-corrected chi connectivity index (χ4v) is 2.26. The average molecular weight is 265 g/mol. The molecular weight excluding hydrogens is 246 g/mol. The van der Waals surface area contributed by atoms with E-state index in [2.05, 4.69) is 10.4 Å². The third kappa shape index (κ3) is 2.40. The number of amides is 2. The number of nitrogens with two attached hydrogens (primary N) is 1. The van der Waals surface area contributed by atoms with Crippen LogP contribution in [0.4, 0.5) is 5.69 Å². The quantitative estimate of drug-likeness (QED) is 0.794. The van der Waals surface area contributed by atoms with Crippen LogP contribution < -0.4 is 11.1 Å². The Morgan fingerprint density at radius 3 is 2.89 bits per heavy atom. The molecule has 1 aromatic rings. The number of nitrogens with one attached hydrogen (secondary N) is 1. The first-order valence-corrected chi connectivity index (χ1v) is 6.50. The van der Waals surface area contributed by atoms with Crippen LogP contribution in [0.15, 0.2) is 6.20 Å². The highest BCUT2D eigenvalue weighted by atomic mass is 16.2. The van der Waals surface area contributed by atoms with Crippen molar-refractivity contribution in [3.8, 4) is 0 Å². The Morgan fingerprint density at radius 1 is 1.58 bits per heavy atom. The zero-order chi connectivity index (χ0) is 14.0. The first-order valence-electron chi connectivity index (χ1n) is 6.50. The highest BCUT2D eigenvalue weighted by Gasteiger charge is 2.33. The Labute approximate surface area is 111 Å². The lowest BCUT2D eigenvalue weighted by molar-refractivity contribution is -0.127. The molecule has 7 heteroatoms. The molecule has 1 aliphatic rings. The average Bonchev–Trinajstić information content (AvgIpc) is 2.79. The van der Waals surface area contributed by atoms with Crippen molar-refractivity contribution >= 4 is 17.5 Å². The molecule has 0 radical (unpaired) electrons. The fourth-order valence-electron chi connectivity index (χ4n) is 2.26. The smallest absolute Gasteiger partial charge is 0.277 e. The van der Waals surface area contributed by atoms with Crippen LogP contribution in [-0.4, -0.2) is 45.6 Å². The molecule has 1 unspecified atom stereocenters. The lowest BCUT2D eigenvalue weighted by Crippen LogP contribution is -2.57. The first-order chi connectivity index (χ1) is 9.08. The van der Waals surface area contributed by atoms with Gasteiger partial charge in [-0.1, -0.05) is 6.92 Å². The minimum atomic E-state index is -0.438. The standard InChI is InChI=1S/C12H19N5O2/c1-3-9-11(18)14-5-6-17(9)12(19)10-8(13)7-16(4-2)15-10/h7,9H,3-6,13H2,1-2H3,(H,14,18). The van der Waals surface area contributed by atoms with Gasteiger partial charge >= 0.3 is 0 Å². The summed E-state index contributed by atoms with van der Waals surface area (Å²) in [5.74, 6) is -0.387. The molecule has 1 atom stereocenters. The molecule has 7 nitrogen and oxygen atoms in total. The molecule has 1 aromatic heterocycles.